The smallest absolute Gasteiger partial charge is 0.362 e. The van der Waals surface area contributed by atoms with E-state index in [1.807, 2.05) is 12.3 Å². The molecule has 22 heavy (non-hydrogen) atoms. The van der Waals surface area contributed by atoms with Gasteiger partial charge in [0.15, 0.2) is 5.11 Å². The molecule has 1 aromatic heterocycles. The van der Waals surface area contributed by atoms with Crippen LogP contribution in [0.15, 0.2) is 42.7 Å². The molecule has 0 aliphatic rings. The topological polar surface area (TPSA) is 41.9 Å². The predicted molar refractivity (Wildman–Crippen MR) is 82.5 cm³/mol. The number of halogens is 3. The minimum absolute atomic E-state index is 0.0559. The van der Waals surface area contributed by atoms with Crippen LogP contribution in [0.3, 0.4) is 0 Å². The van der Waals surface area contributed by atoms with Crippen LogP contribution in [0.4, 0.5) is 18.9 Å². The number of alkyl halides is 3. The molecule has 0 saturated heterocycles. The normalized spacial score (nSPS) is 11.2. The molecule has 4 nitrogen and oxygen atoms in total. The molecule has 8 heteroatoms. The van der Waals surface area contributed by atoms with Gasteiger partial charge in [-0.3, -0.25) is 4.68 Å². The third-order valence-corrected chi connectivity index (χ3v) is 3.14. The van der Waals surface area contributed by atoms with E-state index in [1.54, 1.807) is 10.9 Å². The molecular formula is C14H15F3N4S. The summed E-state index contributed by atoms with van der Waals surface area (Å²) in [5.74, 6) is 0. The fourth-order valence-electron chi connectivity index (χ4n) is 1.88. The van der Waals surface area contributed by atoms with Gasteiger partial charge in [0.25, 0.3) is 0 Å². The molecule has 0 aliphatic carbocycles. The van der Waals surface area contributed by atoms with E-state index in [2.05, 4.69) is 15.7 Å². The van der Waals surface area contributed by atoms with Crippen molar-refractivity contribution in [3.8, 4) is 0 Å². The highest BCUT2D eigenvalue weighted by molar-refractivity contribution is 7.80. The molecule has 0 bridgehead atoms. The molecule has 0 radical (unpaired) electrons. The Kier molecular flexibility index (Phi) is 5.37. The van der Waals surface area contributed by atoms with Gasteiger partial charge < -0.3 is 10.6 Å². The van der Waals surface area contributed by atoms with Crippen molar-refractivity contribution in [2.24, 2.45) is 0 Å². The van der Waals surface area contributed by atoms with Crippen LogP contribution in [0.25, 0.3) is 0 Å². The van der Waals surface area contributed by atoms with E-state index in [0.717, 1.165) is 12.5 Å². The molecule has 0 saturated carbocycles. The number of aryl methyl sites for hydroxylation is 1. The van der Waals surface area contributed by atoms with Crippen molar-refractivity contribution in [1.82, 2.24) is 15.1 Å². The Hall–Kier alpha value is -2.09. The van der Waals surface area contributed by atoms with Crippen LogP contribution in [-0.2, 0) is 12.7 Å². The number of hydrogen-bond acceptors (Lipinski definition) is 2. The quantitative estimate of drug-likeness (QED) is 0.653. The molecule has 118 valence electrons. The first-order chi connectivity index (χ1) is 10.5. The highest BCUT2D eigenvalue weighted by Crippen LogP contribution is 2.34. The summed E-state index contributed by atoms with van der Waals surface area (Å²) in [4.78, 5) is 0. The van der Waals surface area contributed by atoms with Gasteiger partial charge in [0.2, 0.25) is 0 Å². The Morgan fingerprint density at radius 1 is 1.23 bits per heavy atom. The Labute approximate surface area is 131 Å². The summed E-state index contributed by atoms with van der Waals surface area (Å²) < 4.78 is 40.3. The summed E-state index contributed by atoms with van der Waals surface area (Å²) in [7, 11) is 0. The molecule has 2 aromatic rings. The van der Waals surface area contributed by atoms with Crippen molar-refractivity contribution in [3.05, 3.63) is 48.3 Å². The average molecular weight is 328 g/mol. The van der Waals surface area contributed by atoms with Crippen LogP contribution in [0.1, 0.15) is 12.0 Å². The first kappa shape index (κ1) is 16.3. The molecular weight excluding hydrogens is 313 g/mol. The zero-order valence-electron chi connectivity index (χ0n) is 11.6. The van der Waals surface area contributed by atoms with E-state index >= 15 is 0 Å². The number of thiocarbonyl (C=S) groups is 1. The molecule has 0 amide bonds. The van der Waals surface area contributed by atoms with E-state index in [9.17, 15) is 13.2 Å². The largest absolute Gasteiger partial charge is 0.418 e. The zero-order chi connectivity index (χ0) is 16.0. The molecule has 1 heterocycles. The number of nitrogens with one attached hydrogen (secondary N) is 2. The minimum Gasteiger partial charge on any atom is -0.362 e. The van der Waals surface area contributed by atoms with E-state index in [1.165, 1.54) is 18.2 Å². The lowest BCUT2D eigenvalue weighted by Crippen LogP contribution is -2.30. The number of para-hydroxylation sites is 1. The van der Waals surface area contributed by atoms with Crippen molar-refractivity contribution in [2.45, 2.75) is 19.1 Å². The fraction of sp³-hybridized carbons (Fsp3) is 0.286. The lowest BCUT2D eigenvalue weighted by Gasteiger charge is -2.15. The van der Waals surface area contributed by atoms with Crippen molar-refractivity contribution in [1.29, 1.82) is 0 Å². The number of benzene rings is 1. The summed E-state index contributed by atoms with van der Waals surface area (Å²) in [5.41, 5.74) is -0.796. The number of hydrogen-bond donors (Lipinski definition) is 2. The second-order valence-corrected chi connectivity index (χ2v) is 4.96. The monoisotopic (exact) mass is 328 g/mol. The van der Waals surface area contributed by atoms with Crippen LogP contribution < -0.4 is 10.6 Å². The molecule has 1 aromatic carbocycles. The molecule has 2 N–H and O–H groups in total. The number of rotatable bonds is 5. The van der Waals surface area contributed by atoms with Gasteiger partial charge in [-0.1, -0.05) is 12.1 Å². The first-order valence-corrected chi connectivity index (χ1v) is 7.06. The molecule has 0 unspecified atom stereocenters. The zero-order valence-corrected chi connectivity index (χ0v) is 12.4. The summed E-state index contributed by atoms with van der Waals surface area (Å²) in [6.07, 6.45) is -0.131. The van der Waals surface area contributed by atoms with Crippen molar-refractivity contribution < 1.29 is 13.2 Å². The maximum atomic E-state index is 12.8. The summed E-state index contributed by atoms with van der Waals surface area (Å²) in [6.45, 7) is 1.25. The van der Waals surface area contributed by atoms with E-state index in [4.69, 9.17) is 12.2 Å². The molecule has 0 spiro atoms. The Bertz CT molecular complexity index is 611. The summed E-state index contributed by atoms with van der Waals surface area (Å²) in [6, 6.07) is 7.06. The Balaban J connectivity index is 1.82. The van der Waals surface area contributed by atoms with Gasteiger partial charge in [0.1, 0.15) is 0 Å². The van der Waals surface area contributed by atoms with Crippen LogP contribution in [-0.4, -0.2) is 21.4 Å². The highest BCUT2D eigenvalue weighted by Gasteiger charge is 2.33. The maximum absolute atomic E-state index is 12.8. The standard InChI is InChI=1S/C14H15F3N4S/c15-14(16,17)11-5-1-2-6-12(11)20-13(22)18-7-3-9-21-10-4-8-19-21/h1-2,4-6,8,10H,3,7,9H2,(H2,18,20,22). The number of nitrogens with zero attached hydrogens (tertiary/aromatic N) is 2. The van der Waals surface area contributed by atoms with Gasteiger partial charge >= 0.3 is 6.18 Å². The Morgan fingerprint density at radius 2 is 2.00 bits per heavy atom. The van der Waals surface area contributed by atoms with Crippen LogP contribution in [0, 0.1) is 0 Å². The third-order valence-electron chi connectivity index (χ3n) is 2.89. The second kappa shape index (κ2) is 7.26. The van der Waals surface area contributed by atoms with Crippen LogP contribution in [0.5, 0.6) is 0 Å². The molecule has 2 rings (SSSR count). The van der Waals surface area contributed by atoms with Crippen LogP contribution >= 0.6 is 12.2 Å². The minimum atomic E-state index is -4.42. The van der Waals surface area contributed by atoms with Crippen molar-refractivity contribution in [2.75, 3.05) is 11.9 Å². The summed E-state index contributed by atoms with van der Waals surface area (Å²) >= 11 is 5.02. The van der Waals surface area contributed by atoms with Gasteiger partial charge in [-0.15, -0.1) is 0 Å². The van der Waals surface area contributed by atoms with Gasteiger partial charge in [0, 0.05) is 25.5 Å². The maximum Gasteiger partial charge on any atom is 0.418 e. The van der Waals surface area contributed by atoms with Gasteiger partial charge in [-0.2, -0.15) is 18.3 Å². The highest BCUT2D eigenvalue weighted by atomic mass is 32.1. The van der Waals surface area contributed by atoms with Crippen LogP contribution in [0.2, 0.25) is 0 Å². The van der Waals surface area contributed by atoms with E-state index < -0.39 is 11.7 Å². The average Bonchev–Trinajstić information content (AvgIpc) is 2.96. The van der Waals surface area contributed by atoms with E-state index in [-0.39, 0.29) is 10.8 Å². The predicted octanol–water partition coefficient (Wildman–Crippen LogP) is 3.28. The molecule has 0 fully saturated rings. The van der Waals surface area contributed by atoms with Gasteiger partial charge in [-0.25, -0.2) is 0 Å². The lowest BCUT2D eigenvalue weighted by atomic mass is 10.1. The van der Waals surface area contributed by atoms with E-state index in [0.29, 0.717) is 13.1 Å². The number of aromatic nitrogens is 2. The molecule has 0 aliphatic heterocycles. The van der Waals surface area contributed by atoms with Gasteiger partial charge in [0.05, 0.1) is 11.3 Å². The van der Waals surface area contributed by atoms with Crippen molar-refractivity contribution in [3.63, 3.8) is 0 Å². The number of anilines is 1. The SMILES string of the molecule is FC(F)(F)c1ccccc1NC(=S)NCCCn1cccn1. The Morgan fingerprint density at radius 3 is 2.68 bits per heavy atom. The first-order valence-electron chi connectivity index (χ1n) is 6.65. The second-order valence-electron chi connectivity index (χ2n) is 4.55. The lowest BCUT2D eigenvalue weighted by molar-refractivity contribution is -0.136. The van der Waals surface area contributed by atoms with Gasteiger partial charge in [-0.05, 0) is 36.8 Å². The fourth-order valence-corrected chi connectivity index (χ4v) is 2.09. The third kappa shape index (κ3) is 4.73. The van der Waals surface area contributed by atoms with Crippen molar-refractivity contribution >= 4 is 23.0 Å². The molecule has 0 atom stereocenters. The summed E-state index contributed by atoms with van der Waals surface area (Å²) in [5, 5.41) is 9.69.